The monoisotopic (exact) mass is 486 g/mol. The molecule has 0 spiro atoms. The number of thioether (sulfide) groups is 1. The summed E-state index contributed by atoms with van der Waals surface area (Å²) < 4.78 is 6.42. The Morgan fingerprint density at radius 2 is 2.09 bits per heavy atom. The highest BCUT2D eigenvalue weighted by molar-refractivity contribution is 7.98. The quantitative estimate of drug-likeness (QED) is 0.271. The van der Waals surface area contributed by atoms with Crippen molar-refractivity contribution in [3.63, 3.8) is 0 Å². The standard InChI is InChI=1S/C22H19ClN4O3S2/c1-2-30-16-6-7-17-18(11-16)32-22(25-17)27-20(29)10-15-9-19(28)26-21(24-15)31-12-13-4-3-5-14(23)8-13/h3-9,11H,2,10,12H2,1H3,(H,24,26,28)(H,25,27,29). The molecular formula is C22H19ClN4O3S2. The van der Waals surface area contributed by atoms with E-state index >= 15 is 0 Å². The average molecular weight is 487 g/mol. The first-order valence-corrected chi connectivity index (χ1v) is 12.0. The summed E-state index contributed by atoms with van der Waals surface area (Å²) in [7, 11) is 0. The molecular weight excluding hydrogens is 468 g/mol. The van der Waals surface area contributed by atoms with Crippen LogP contribution in [0.2, 0.25) is 5.02 Å². The number of rotatable bonds is 8. The van der Waals surface area contributed by atoms with Crippen LogP contribution in [0.25, 0.3) is 10.2 Å². The number of hydrogen-bond donors (Lipinski definition) is 2. The van der Waals surface area contributed by atoms with Crippen molar-refractivity contribution < 1.29 is 9.53 Å². The number of carbonyl (C=O) groups excluding carboxylic acids is 1. The first-order chi connectivity index (χ1) is 15.5. The molecule has 2 N–H and O–H groups in total. The Kier molecular flexibility index (Phi) is 7.09. The molecule has 0 aliphatic rings. The molecule has 0 aliphatic carbocycles. The Morgan fingerprint density at radius 1 is 1.22 bits per heavy atom. The number of halogens is 1. The Bertz CT molecular complexity index is 1320. The summed E-state index contributed by atoms with van der Waals surface area (Å²) in [6.07, 6.45) is -0.0330. The fraction of sp³-hybridized carbons (Fsp3) is 0.182. The molecule has 0 unspecified atom stereocenters. The number of carbonyl (C=O) groups is 1. The minimum Gasteiger partial charge on any atom is -0.494 e. The van der Waals surface area contributed by atoms with Crippen molar-refractivity contribution in [1.29, 1.82) is 0 Å². The van der Waals surface area contributed by atoms with E-state index in [0.717, 1.165) is 21.5 Å². The normalized spacial score (nSPS) is 10.9. The van der Waals surface area contributed by atoms with Crippen LogP contribution in [-0.2, 0) is 17.0 Å². The van der Waals surface area contributed by atoms with Gasteiger partial charge in [0.25, 0.3) is 5.56 Å². The van der Waals surface area contributed by atoms with Gasteiger partial charge in [0.2, 0.25) is 5.91 Å². The van der Waals surface area contributed by atoms with Gasteiger partial charge in [0.05, 0.1) is 28.9 Å². The van der Waals surface area contributed by atoms with Crippen molar-refractivity contribution >= 4 is 56.0 Å². The third-order valence-corrected chi connectivity index (χ3v) is 6.41. The molecule has 0 atom stereocenters. The second-order valence-corrected chi connectivity index (χ2v) is 9.20. The van der Waals surface area contributed by atoms with E-state index < -0.39 is 0 Å². The molecule has 2 heterocycles. The van der Waals surface area contributed by atoms with Crippen molar-refractivity contribution in [3.05, 3.63) is 75.2 Å². The molecule has 10 heteroatoms. The number of benzene rings is 2. The number of aromatic amines is 1. The number of nitrogens with one attached hydrogen (secondary N) is 2. The summed E-state index contributed by atoms with van der Waals surface area (Å²) >= 11 is 8.74. The topological polar surface area (TPSA) is 97.0 Å². The Labute approximate surface area is 197 Å². The number of nitrogens with zero attached hydrogens (tertiary/aromatic N) is 2. The van der Waals surface area contributed by atoms with Gasteiger partial charge in [0.1, 0.15) is 5.75 Å². The highest BCUT2D eigenvalue weighted by Crippen LogP contribution is 2.29. The largest absolute Gasteiger partial charge is 0.494 e. The molecule has 0 saturated heterocycles. The first kappa shape index (κ1) is 22.3. The van der Waals surface area contributed by atoms with Gasteiger partial charge < -0.3 is 15.0 Å². The number of aromatic nitrogens is 3. The van der Waals surface area contributed by atoms with E-state index in [1.807, 2.05) is 43.3 Å². The highest BCUT2D eigenvalue weighted by Gasteiger charge is 2.12. The maximum Gasteiger partial charge on any atom is 0.251 e. The van der Waals surface area contributed by atoms with E-state index in [4.69, 9.17) is 16.3 Å². The number of H-pyrrole nitrogens is 1. The summed E-state index contributed by atoms with van der Waals surface area (Å²) in [5.74, 6) is 1.06. The fourth-order valence-electron chi connectivity index (χ4n) is 2.96. The van der Waals surface area contributed by atoms with Crippen molar-refractivity contribution in [1.82, 2.24) is 15.0 Å². The molecule has 0 saturated carbocycles. The fourth-order valence-corrected chi connectivity index (χ4v) is 4.92. The minimum atomic E-state index is -0.306. The molecule has 164 valence electrons. The van der Waals surface area contributed by atoms with Crippen molar-refractivity contribution in [3.8, 4) is 5.75 Å². The van der Waals surface area contributed by atoms with Gasteiger partial charge in [-0.15, -0.1) is 0 Å². The second-order valence-electron chi connectivity index (χ2n) is 6.77. The van der Waals surface area contributed by atoms with E-state index in [2.05, 4.69) is 20.3 Å². The lowest BCUT2D eigenvalue weighted by Crippen LogP contribution is -2.18. The summed E-state index contributed by atoms with van der Waals surface area (Å²) in [5, 5.41) is 4.37. The summed E-state index contributed by atoms with van der Waals surface area (Å²) in [4.78, 5) is 36.1. The third-order valence-electron chi connectivity index (χ3n) is 4.30. The molecule has 0 radical (unpaired) electrons. The molecule has 2 aromatic carbocycles. The second kappa shape index (κ2) is 10.2. The van der Waals surface area contributed by atoms with Crippen LogP contribution in [-0.4, -0.2) is 27.5 Å². The van der Waals surface area contributed by atoms with Gasteiger partial charge in [-0.25, -0.2) is 9.97 Å². The number of amides is 1. The van der Waals surface area contributed by atoms with Gasteiger partial charge in [-0.3, -0.25) is 9.59 Å². The van der Waals surface area contributed by atoms with Gasteiger partial charge in [0.15, 0.2) is 10.3 Å². The van der Waals surface area contributed by atoms with Gasteiger partial charge >= 0.3 is 0 Å². The number of anilines is 1. The molecule has 2 aromatic heterocycles. The van der Waals surface area contributed by atoms with Crippen molar-refractivity contribution in [2.45, 2.75) is 24.3 Å². The van der Waals surface area contributed by atoms with E-state index in [0.29, 0.717) is 33.4 Å². The molecule has 0 aliphatic heterocycles. The first-order valence-electron chi connectivity index (χ1n) is 9.79. The van der Waals surface area contributed by atoms with Gasteiger partial charge in [-0.2, -0.15) is 0 Å². The van der Waals surface area contributed by atoms with E-state index in [-0.39, 0.29) is 17.9 Å². The molecule has 4 rings (SSSR count). The average Bonchev–Trinajstić information content (AvgIpc) is 3.13. The summed E-state index contributed by atoms with van der Waals surface area (Å²) in [6, 6.07) is 14.4. The van der Waals surface area contributed by atoms with Crippen LogP contribution in [0, 0.1) is 0 Å². The van der Waals surface area contributed by atoms with Crippen LogP contribution in [0.3, 0.4) is 0 Å². The van der Waals surface area contributed by atoms with Gasteiger partial charge in [-0.05, 0) is 42.8 Å². The van der Waals surface area contributed by atoms with Crippen LogP contribution in [0.15, 0.2) is 58.5 Å². The Morgan fingerprint density at radius 3 is 2.91 bits per heavy atom. The Hall–Kier alpha value is -2.88. The summed E-state index contributed by atoms with van der Waals surface area (Å²) in [6.45, 7) is 2.50. The van der Waals surface area contributed by atoms with E-state index in [9.17, 15) is 9.59 Å². The minimum absolute atomic E-state index is 0.0330. The Balaban J connectivity index is 1.41. The smallest absolute Gasteiger partial charge is 0.251 e. The molecule has 4 aromatic rings. The van der Waals surface area contributed by atoms with Crippen molar-refractivity contribution in [2.75, 3.05) is 11.9 Å². The van der Waals surface area contributed by atoms with Crippen LogP contribution < -0.4 is 15.6 Å². The van der Waals surface area contributed by atoms with Crippen LogP contribution in [0.4, 0.5) is 5.13 Å². The molecule has 32 heavy (non-hydrogen) atoms. The molecule has 0 fully saturated rings. The number of thiazole rings is 1. The van der Waals surface area contributed by atoms with Crippen LogP contribution in [0.5, 0.6) is 5.75 Å². The predicted octanol–water partition coefficient (Wildman–Crippen LogP) is 4.91. The van der Waals surface area contributed by atoms with E-state index in [1.54, 1.807) is 6.07 Å². The maximum atomic E-state index is 12.5. The van der Waals surface area contributed by atoms with E-state index in [1.165, 1.54) is 29.2 Å². The zero-order valence-corrected chi connectivity index (χ0v) is 19.4. The lowest BCUT2D eigenvalue weighted by atomic mass is 10.2. The van der Waals surface area contributed by atoms with Crippen LogP contribution >= 0.6 is 34.7 Å². The predicted molar refractivity (Wildman–Crippen MR) is 129 cm³/mol. The van der Waals surface area contributed by atoms with Crippen molar-refractivity contribution in [2.24, 2.45) is 0 Å². The third kappa shape index (κ3) is 5.87. The van der Waals surface area contributed by atoms with Gasteiger partial charge in [-0.1, -0.05) is 46.8 Å². The SMILES string of the molecule is CCOc1ccc2nc(NC(=O)Cc3cc(=O)[nH]c(SCc4cccc(Cl)c4)n3)sc2c1. The molecule has 7 nitrogen and oxygen atoms in total. The highest BCUT2D eigenvalue weighted by atomic mass is 35.5. The zero-order valence-electron chi connectivity index (χ0n) is 17.1. The zero-order chi connectivity index (χ0) is 22.5. The lowest BCUT2D eigenvalue weighted by molar-refractivity contribution is -0.115. The number of hydrogen-bond acceptors (Lipinski definition) is 7. The maximum absolute atomic E-state index is 12.5. The number of fused-ring (bicyclic) bond motifs is 1. The molecule has 0 bridgehead atoms. The van der Waals surface area contributed by atoms with Gasteiger partial charge in [0, 0.05) is 16.8 Å². The van der Waals surface area contributed by atoms with Crippen LogP contribution in [0.1, 0.15) is 18.2 Å². The molecule has 1 amide bonds. The lowest BCUT2D eigenvalue weighted by Gasteiger charge is -2.05. The number of ether oxygens (including phenoxy) is 1. The summed E-state index contributed by atoms with van der Waals surface area (Å²) in [5.41, 5.74) is 1.87.